The number of nitrogens with two attached hydrogens (primary N) is 1. The maximum atomic E-state index is 5.94. The van der Waals surface area contributed by atoms with Gasteiger partial charge < -0.3 is 15.8 Å². The van der Waals surface area contributed by atoms with Crippen LogP contribution in [0, 0.1) is 6.92 Å². The standard InChI is InChI=1S/C18H18N4OS.HI/c1-13-11-20-17(24-13)12-21-18(19)22-14-6-5-9-16(10-14)23-15-7-3-2-4-8-15;/h2-11H,12H2,1H3,(H3,19,21,22);1H. The summed E-state index contributed by atoms with van der Waals surface area (Å²) in [6.45, 7) is 2.49. The van der Waals surface area contributed by atoms with Gasteiger partial charge in [-0.1, -0.05) is 24.3 Å². The summed E-state index contributed by atoms with van der Waals surface area (Å²) in [6, 6.07) is 17.2. The number of nitrogens with one attached hydrogen (secondary N) is 1. The third-order valence-corrected chi connectivity index (χ3v) is 4.04. The number of hydrogen-bond donors (Lipinski definition) is 2. The first-order valence-electron chi connectivity index (χ1n) is 7.50. The highest BCUT2D eigenvalue weighted by atomic mass is 127. The van der Waals surface area contributed by atoms with Gasteiger partial charge in [0.2, 0.25) is 0 Å². The van der Waals surface area contributed by atoms with Crippen molar-refractivity contribution < 1.29 is 4.74 Å². The lowest BCUT2D eigenvalue weighted by molar-refractivity contribution is 0.483. The highest BCUT2D eigenvalue weighted by Crippen LogP contribution is 2.23. The molecular weight excluding hydrogens is 447 g/mol. The molecule has 1 heterocycles. The van der Waals surface area contributed by atoms with Crippen LogP contribution >= 0.6 is 35.3 Å². The van der Waals surface area contributed by atoms with Gasteiger partial charge in [0.15, 0.2) is 5.96 Å². The number of guanidine groups is 1. The lowest BCUT2D eigenvalue weighted by Crippen LogP contribution is -2.22. The van der Waals surface area contributed by atoms with Gasteiger partial charge >= 0.3 is 0 Å². The van der Waals surface area contributed by atoms with E-state index in [-0.39, 0.29) is 24.0 Å². The normalized spacial score (nSPS) is 10.8. The van der Waals surface area contributed by atoms with Crippen molar-refractivity contribution in [2.24, 2.45) is 10.7 Å². The molecule has 7 heteroatoms. The minimum atomic E-state index is 0. The molecule has 3 N–H and O–H groups in total. The van der Waals surface area contributed by atoms with Crippen molar-refractivity contribution in [1.29, 1.82) is 0 Å². The number of benzene rings is 2. The zero-order valence-electron chi connectivity index (χ0n) is 13.7. The number of aliphatic imine (C=N–C) groups is 1. The van der Waals surface area contributed by atoms with Crippen LogP contribution in [0.15, 0.2) is 65.8 Å². The second-order valence-corrected chi connectivity index (χ2v) is 6.45. The lowest BCUT2D eigenvalue weighted by Gasteiger charge is -2.09. The predicted molar refractivity (Wildman–Crippen MR) is 114 cm³/mol. The van der Waals surface area contributed by atoms with Crippen molar-refractivity contribution in [3.63, 3.8) is 0 Å². The number of halogens is 1. The molecule has 0 amide bonds. The van der Waals surface area contributed by atoms with Crippen LogP contribution in [0.3, 0.4) is 0 Å². The van der Waals surface area contributed by atoms with Gasteiger partial charge in [-0.25, -0.2) is 9.98 Å². The first-order chi connectivity index (χ1) is 11.7. The molecule has 0 saturated heterocycles. The largest absolute Gasteiger partial charge is 0.457 e. The fourth-order valence-electron chi connectivity index (χ4n) is 2.08. The van der Waals surface area contributed by atoms with Crippen molar-refractivity contribution in [3.05, 3.63) is 70.7 Å². The Labute approximate surface area is 168 Å². The number of anilines is 1. The van der Waals surface area contributed by atoms with Gasteiger partial charge in [-0.15, -0.1) is 35.3 Å². The maximum absolute atomic E-state index is 5.94. The van der Waals surface area contributed by atoms with Crippen LogP contribution in [0.4, 0.5) is 5.69 Å². The summed E-state index contributed by atoms with van der Waals surface area (Å²) in [5.74, 6) is 1.87. The summed E-state index contributed by atoms with van der Waals surface area (Å²) in [4.78, 5) is 9.74. The van der Waals surface area contributed by atoms with Crippen molar-refractivity contribution in [3.8, 4) is 11.5 Å². The van der Waals surface area contributed by atoms with E-state index in [9.17, 15) is 0 Å². The second-order valence-electron chi connectivity index (χ2n) is 5.13. The van der Waals surface area contributed by atoms with E-state index in [2.05, 4.69) is 15.3 Å². The minimum absolute atomic E-state index is 0. The first-order valence-corrected chi connectivity index (χ1v) is 8.32. The van der Waals surface area contributed by atoms with Crippen LogP contribution in [-0.4, -0.2) is 10.9 Å². The van der Waals surface area contributed by atoms with Crippen molar-refractivity contribution in [2.45, 2.75) is 13.5 Å². The van der Waals surface area contributed by atoms with Gasteiger partial charge in [0, 0.05) is 22.8 Å². The molecule has 0 aliphatic rings. The Balaban J connectivity index is 0.00000225. The third-order valence-electron chi connectivity index (χ3n) is 3.14. The summed E-state index contributed by atoms with van der Waals surface area (Å²) in [6.07, 6.45) is 1.84. The quantitative estimate of drug-likeness (QED) is 0.322. The number of thiazole rings is 1. The van der Waals surface area contributed by atoms with Crippen LogP contribution in [0.2, 0.25) is 0 Å². The summed E-state index contributed by atoms with van der Waals surface area (Å²) in [5, 5.41) is 4.01. The second kappa shape index (κ2) is 9.38. The van der Waals surface area contributed by atoms with Gasteiger partial charge in [-0.05, 0) is 31.2 Å². The van der Waals surface area contributed by atoms with Crippen molar-refractivity contribution in [2.75, 3.05) is 5.32 Å². The number of rotatable bonds is 5. The number of hydrogen-bond acceptors (Lipinski definition) is 4. The molecule has 2 aromatic carbocycles. The number of aromatic nitrogens is 1. The van der Waals surface area contributed by atoms with Gasteiger partial charge in [-0.3, -0.25) is 0 Å². The van der Waals surface area contributed by atoms with E-state index < -0.39 is 0 Å². The highest BCUT2D eigenvalue weighted by Gasteiger charge is 2.01. The Morgan fingerprint density at radius 1 is 1.16 bits per heavy atom. The molecular formula is C18H19IN4OS. The van der Waals surface area contributed by atoms with Gasteiger partial charge in [0.25, 0.3) is 0 Å². The molecule has 0 atom stereocenters. The van der Waals surface area contributed by atoms with E-state index in [1.807, 2.05) is 67.7 Å². The van der Waals surface area contributed by atoms with E-state index in [1.54, 1.807) is 11.3 Å². The molecule has 3 rings (SSSR count). The number of nitrogens with zero attached hydrogens (tertiary/aromatic N) is 2. The smallest absolute Gasteiger partial charge is 0.193 e. The highest BCUT2D eigenvalue weighted by molar-refractivity contribution is 14.0. The Morgan fingerprint density at radius 3 is 2.64 bits per heavy atom. The number of aryl methyl sites for hydroxylation is 1. The fourth-order valence-corrected chi connectivity index (χ4v) is 2.79. The van der Waals surface area contributed by atoms with E-state index in [4.69, 9.17) is 10.5 Å². The van der Waals surface area contributed by atoms with E-state index in [0.29, 0.717) is 12.5 Å². The topological polar surface area (TPSA) is 72.5 Å². The Morgan fingerprint density at radius 2 is 1.92 bits per heavy atom. The fraction of sp³-hybridized carbons (Fsp3) is 0.111. The van der Waals surface area contributed by atoms with Crippen LogP contribution in [-0.2, 0) is 6.54 Å². The predicted octanol–water partition coefficient (Wildman–Crippen LogP) is 4.79. The summed E-state index contributed by atoms with van der Waals surface area (Å²) < 4.78 is 5.80. The average Bonchev–Trinajstić information content (AvgIpc) is 3.00. The van der Waals surface area contributed by atoms with Gasteiger partial charge in [0.05, 0.1) is 6.54 Å². The minimum Gasteiger partial charge on any atom is -0.457 e. The molecule has 5 nitrogen and oxygen atoms in total. The Kier molecular flexibility index (Phi) is 7.20. The zero-order chi connectivity index (χ0) is 16.8. The van der Waals surface area contributed by atoms with E-state index >= 15 is 0 Å². The molecule has 0 unspecified atom stereocenters. The Bertz CT molecular complexity index is 836. The summed E-state index contributed by atoms with van der Waals surface area (Å²) in [7, 11) is 0. The van der Waals surface area contributed by atoms with E-state index in [0.717, 1.165) is 27.1 Å². The molecule has 0 radical (unpaired) electrons. The van der Waals surface area contributed by atoms with Crippen molar-refractivity contribution >= 4 is 47.0 Å². The Hall–Kier alpha value is -2.13. The van der Waals surface area contributed by atoms with Gasteiger partial charge in [0.1, 0.15) is 16.5 Å². The number of para-hydroxylation sites is 1. The molecule has 0 bridgehead atoms. The summed E-state index contributed by atoms with van der Waals surface area (Å²) in [5.41, 5.74) is 6.76. The first kappa shape index (κ1) is 19.2. The third kappa shape index (κ3) is 6.02. The summed E-state index contributed by atoms with van der Waals surface area (Å²) >= 11 is 1.62. The van der Waals surface area contributed by atoms with Crippen LogP contribution in [0.1, 0.15) is 9.88 Å². The zero-order valence-corrected chi connectivity index (χ0v) is 16.8. The number of ether oxygens (including phenoxy) is 1. The molecule has 1 aromatic heterocycles. The van der Waals surface area contributed by atoms with Crippen LogP contribution < -0.4 is 15.8 Å². The van der Waals surface area contributed by atoms with Crippen LogP contribution in [0.5, 0.6) is 11.5 Å². The average molecular weight is 466 g/mol. The van der Waals surface area contributed by atoms with E-state index in [1.165, 1.54) is 0 Å². The monoisotopic (exact) mass is 466 g/mol. The molecule has 0 spiro atoms. The lowest BCUT2D eigenvalue weighted by atomic mass is 10.3. The van der Waals surface area contributed by atoms with Crippen LogP contribution in [0.25, 0.3) is 0 Å². The molecule has 0 saturated carbocycles. The SMILES string of the molecule is Cc1cnc(CN=C(N)Nc2cccc(Oc3ccccc3)c2)s1.I. The molecule has 130 valence electrons. The molecule has 3 aromatic rings. The maximum Gasteiger partial charge on any atom is 0.193 e. The van der Waals surface area contributed by atoms with Crippen molar-refractivity contribution in [1.82, 2.24) is 4.98 Å². The molecule has 0 fully saturated rings. The van der Waals surface area contributed by atoms with Gasteiger partial charge in [-0.2, -0.15) is 0 Å². The molecule has 0 aliphatic carbocycles. The molecule has 0 aliphatic heterocycles. The molecule has 25 heavy (non-hydrogen) atoms.